The summed E-state index contributed by atoms with van der Waals surface area (Å²) in [7, 11) is 0. The molecule has 3 aliphatic rings. The van der Waals surface area contributed by atoms with E-state index in [1.54, 1.807) is 56.1 Å². The number of ether oxygens (including phenoxy) is 2. The lowest BCUT2D eigenvalue weighted by Gasteiger charge is -2.20. The van der Waals surface area contributed by atoms with E-state index in [0.717, 1.165) is 58.2 Å². The summed E-state index contributed by atoms with van der Waals surface area (Å²) in [5.74, 6) is -0.275. The second kappa shape index (κ2) is 37.0. The molecule has 5 aromatic rings. The lowest BCUT2D eigenvalue weighted by molar-refractivity contribution is -0.145. The number of ketones is 3. The molecule has 19 heteroatoms. The molecule has 0 radical (unpaired) electrons. The highest BCUT2D eigenvalue weighted by molar-refractivity contribution is 8.02. The number of aromatic hydroxyl groups is 2. The van der Waals surface area contributed by atoms with Crippen molar-refractivity contribution in [3.63, 3.8) is 0 Å². The smallest absolute Gasteiger partial charge is 0.344 e. The van der Waals surface area contributed by atoms with E-state index in [9.17, 15) is 24.0 Å². The number of aliphatic carboxylic acids is 2. The molecule has 3 aliphatic carbocycles. The molecular weight excluding hydrogens is 1180 g/mol. The number of phenolic OH excluding ortho intramolecular Hbond substituents is 2. The molecule has 0 aliphatic heterocycles. The van der Waals surface area contributed by atoms with Gasteiger partial charge in [0.15, 0.2) is 12.2 Å². The highest BCUT2D eigenvalue weighted by atomic mass is 32.2. The second-order valence-corrected chi connectivity index (χ2v) is 27.6. The third kappa shape index (κ3) is 25.9. The minimum absolute atomic E-state index is 0. The zero-order valence-electron chi connectivity index (χ0n) is 51.9. The fraction of sp³-hybridized carbons (Fsp3) is 0.478. The molecule has 0 saturated heterocycles. The molecule has 86 heavy (non-hydrogen) atoms. The summed E-state index contributed by atoms with van der Waals surface area (Å²) in [5, 5.41) is 45.5. The maximum Gasteiger partial charge on any atom is 0.344 e. The van der Waals surface area contributed by atoms with Gasteiger partial charge in [0.05, 0.1) is 14.2 Å². The first-order valence-corrected chi connectivity index (χ1v) is 30.9. The summed E-state index contributed by atoms with van der Waals surface area (Å²) in [6.45, 7) is 29.4. The van der Waals surface area contributed by atoms with Gasteiger partial charge in [-0.3, -0.25) is 14.4 Å². The molecule has 0 spiro atoms. The Balaban J connectivity index is 0.000000538. The molecule has 476 valence electrons. The molecule has 0 saturated carbocycles. The number of likely N-dealkylation sites (N-methyl/N-ethyl adjacent to an activating group) is 3. The Hall–Kier alpha value is -5.12. The molecule has 14 nitrogen and oxygen atoms in total. The number of nitrogens with one attached hydrogen (secondary N) is 3. The molecule has 5 atom stereocenters. The first-order chi connectivity index (χ1) is 38.9. The lowest BCUT2D eigenvalue weighted by Crippen LogP contribution is -2.28. The number of carbonyl (C=O) groups excluding carboxylic acids is 3. The van der Waals surface area contributed by atoms with Crippen molar-refractivity contribution in [2.45, 2.75) is 202 Å². The summed E-state index contributed by atoms with van der Waals surface area (Å²) in [5.41, 5.74) is 8.68. The Morgan fingerprint density at radius 2 is 0.686 bits per heavy atom. The molecule has 7 N–H and O–H groups in total. The average Bonchev–Trinajstić information content (AvgIpc) is 2.24. The number of benzene rings is 5. The number of carboxylic acids is 2. The molecule has 0 fully saturated rings. The van der Waals surface area contributed by atoms with Crippen LogP contribution in [0.2, 0.25) is 0 Å². The van der Waals surface area contributed by atoms with Gasteiger partial charge in [-0.1, -0.05) is 46.4 Å². The maximum absolute atomic E-state index is 11.6. The SMILES string of the molecule is C.CCNC1Cc2ccc(SC(C)(C)C(C)=O)cc2C1.CCN[C@@H]1Cc2ccc(SC(C)(C)C(C)=O)cc2C1.CCN[C@@H]1Cc2ccc(SC(C)(C)C(C)=O)cc2C1.C[C@H](Oc1ccc(O)cc1)C(=O)O.C[C@H](Oc1ccc(O)cc1)C(=O)O.S.S. The van der Waals surface area contributed by atoms with E-state index in [1.807, 2.05) is 41.5 Å². The molecule has 8 rings (SSSR count). The predicted molar refractivity (Wildman–Crippen MR) is 365 cm³/mol. The van der Waals surface area contributed by atoms with Gasteiger partial charge in [-0.15, -0.1) is 35.3 Å². The van der Waals surface area contributed by atoms with Crippen LogP contribution in [0.15, 0.2) is 118 Å². The van der Waals surface area contributed by atoms with Crippen LogP contribution in [-0.2, 0) is 62.5 Å². The highest BCUT2D eigenvalue weighted by Crippen LogP contribution is 2.38. The van der Waals surface area contributed by atoms with Crippen LogP contribution in [0.1, 0.15) is 138 Å². The molecule has 0 amide bonds. The van der Waals surface area contributed by atoms with Crippen molar-refractivity contribution >= 4 is 91.6 Å². The number of thioether (sulfide) groups is 3. The third-order valence-electron chi connectivity index (χ3n) is 14.5. The standard InChI is InChI=1S/3C16H23NOS.2C9H10O4.CH4.2H2S/c3*1-5-17-14-8-12-6-7-15(10-13(12)9-14)19-16(3,4)11(2)18;2*1-6(9(11)12)13-8-4-2-7(10)3-5-8;;;/h3*6-7,10,14,17H,5,8-9H2,1-4H3;2*2-6,10H,1H3,(H,11,12);1H4;2*1H2/t2*14-;;2*6-;;;/m11.00.../s1. The van der Waals surface area contributed by atoms with Gasteiger partial charge in [0.1, 0.15) is 40.3 Å². The van der Waals surface area contributed by atoms with Crippen LogP contribution in [0.5, 0.6) is 23.0 Å². The summed E-state index contributed by atoms with van der Waals surface area (Å²) in [6, 6.07) is 33.5. The Bertz CT molecular complexity index is 2680. The first-order valence-electron chi connectivity index (χ1n) is 28.5. The fourth-order valence-electron chi connectivity index (χ4n) is 8.93. The predicted octanol–water partition coefficient (Wildman–Crippen LogP) is 13.0. The van der Waals surface area contributed by atoms with Crippen molar-refractivity contribution in [2.24, 2.45) is 0 Å². The van der Waals surface area contributed by atoms with Gasteiger partial charge >= 0.3 is 11.9 Å². The zero-order valence-corrected chi connectivity index (χ0v) is 56.4. The van der Waals surface area contributed by atoms with Gasteiger partial charge in [-0.25, -0.2) is 9.59 Å². The Morgan fingerprint density at radius 1 is 0.453 bits per heavy atom. The van der Waals surface area contributed by atoms with Crippen LogP contribution in [0, 0.1) is 0 Å². The molecule has 5 aromatic carbocycles. The number of fused-ring (bicyclic) bond motifs is 3. The third-order valence-corrected chi connectivity index (χ3v) is 18.3. The van der Waals surface area contributed by atoms with E-state index < -0.39 is 24.1 Å². The number of hydrogen-bond donors (Lipinski definition) is 7. The van der Waals surface area contributed by atoms with Crippen molar-refractivity contribution in [3.05, 3.63) is 137 Å². The van der Waals surface area contributed by atoms with Crippen LogP contribution < -0.4 is 25.4 Å². The van der Waals surface area contributed by atoms with Gasteiger partial charge in [0, 0.05) is 32.8 Å². The van der Waals surface area contributed by atoms with E-state index in [2.05, 4.69) is 91.3 Å². The number of phenols is 2. The number of carboxylic acid groups (broad SMARTS) is 2. The maximum atomic E-state index is 11.6. The van der Waals surface area contributed by atoms with Crippen LogP contribution in [0.3, 0.4) is 0 Å². The molecule has 1 unspecified atom stereocenters. The van der Waals surface area contributed by atoms with E-state index >= 15 is 0 Å². The molecule has 0 bridgehead atoms. The van der Waals surface area contributed by atoms with Gasteiger partial charge in [-0.05, 0) is 253 Å². The van der Waals surface area contributed by atoms with E-state index in [-0.39, 0.29) is 77.5 Å². The van der Waals surface area contributed by atoms with Gasteiger partial charge in [0.25, 0.3) is 0 Å². The van der Waals surface area contributed by atoms with Crippen molar-refractivity contribution in [1.29, 1.82) is 0 Å². The zero-order chi connectivity index (χ0) is 61.8. The quantitative estimate of drug-likeness (QED) is 0.0340. The number of carbonyl (C=O) groups is 5. The summed E-state index contributed by atoms with van der Waals surface area (Å²) < 4.78 is 9.02. The minimum atomic E-state index is -1.02. The Morgan fingerprint density at radius 3 is 0.895 bits per heavy atom. The number of Topliss-reactive ketones (excluding diaryl/α,β-unsaturated/α-hetero) is 3. The van der Waals surface area contributed by atoms with Crippen molar-refractivity contribution < 1.29 is 53.9 Å². The monoisotopic (exact) mass is 1280 g/mol. The topological polar surface area (TPSA) is 221 Å². The van der Waals surface area contributed by atoms with Crippen molar-refractivity contribution in [2.75, 3.05) is 19.6 Å². The largest absolute Gasteiger partial charge is 0.508 e. The normalized spacial score (nSPS) is 15.9. The molecular formula is C67H97N3O11S5. The van der Waals surface area contributed by atoms with Gasteiger partial charge in [-0.2, -0.15) is 27.0 Å². The van der Waals surface area contributed by atoms with E-state index in [1.165, 1.54) is 110 Å². The molecule has 0 heterocycles. The second-order valence-electron chi connectivity index (χ2n) is 22.5. The Kier molecular flexibility index (Phi) is 34.0. The van der Waals surface area contributed by atoms with Crippen LogP contribution in [0.25, 0.3) is 0 Å². The average molecular weight is 1280 g/mol. The summed E-state index contributed by atoms with van der Waals surface area (Å²) >= 11 is 4.99. The highest BCUT2D eigenvalue weighted by Gasteiger charge is 2.30. The lowest BCUT2D eigenvalue weighted by atomic mass is 10.1. The number of rotatable bonds is 21. The van der Waals surface area contributed by atoms with Gasteiger partial charge in [0.2, 0.25) is 0 Å². The van der Waals surface area contributed by atoms with Crippen LogP contribution in [0.4, 0.5) is 0 Å². The van der Waals surface area contributed by atoms with E-state index in [4.69, 9.17) is 29.9 Å². The Labute approximate surface area is 539 Å². The van der Waals surface area contributed by atoms with E-state index in [0.29, 0.717) is 29.6 Å². The molecule has 0 aromatic heterocycles. The minimum Gasteiger partial charge on any atom is -0.508 e. The summed E-state index contributed by atoms with van der Waals surface area (Å²) in [6.07, 6.45) is 4.95. The van der Waals surface area contributed by atoms with Crippen molar-refractivity contribution in [1.82, 2.24) is 16.0 Å². The van der Waals surface area contributed by atoms with Crippen LogP contribution >= 0.6 is 62.3 Å². The first kappa shape index (κ1) is 78.9. The fourth-order valence-corrected chi connectivity index (χ4v) is 12.1. The number of hydrogen-bond acceptors (Lipinski definition) is 15. The summed E-state index contributed by atoms with van der Waals surface area (Å²) in [4.78, 5) is 59.2. The van der Waals surface area contributed by atoms with Crippen LogP contribution in [-0.4, -0.2) is 114 Å². The van der Waals surface area contributed by atoms with Gasteiger partial charge < -0.3 is 45.9 Å². The van der Waals surface area contributed by atoms with Crippen molar-refractivity contribution in [3.8, 4) is 23.0 Å².